The third-order valence-corrected chi connectivity index (χ3v) is 6.97. The molecule has 7 heteroatoms. The van der Waals surface area contributed by atoms with E-state index in [1.807, 2.05) is 28.5 Å². The van der Waals surface area contributed by atoms with Gasteiger partial charge in [0.25, 0.3) is 5.56 Å². The number of hydrogen-bond donors (Lipinski definition) is 1. The topological polar surface area (TPSA) is 75.4 Å². The number of hydrogen-bond acceptors (Lipinski definition) is 5. The summed E-state index contributed by atoms with van der Waals surface area (Å²) >= 11 is 1.43. The van der Waals surface area contributed by atoms with E-state index in [9.17, 15) is 14.7 Å². The van der Waals surface area contributed by atoms with Crippen LogP contribution in [0.3, 0.4) is 0 Å². The first-order chi connectivity index (χ1) is 14.5. The summed E-state index contributed by atoms with van der Waals surface area (Å²) in [6.07, 6.45) is 3.82. The van der Waals surface area contributed by atoms with Gasteiger partial charge in [-0.2, -0.15) is 0 Å². The minimum absolute atomic E-state index is 0.123. The molecule has 1 saturated heterocycles. The minimum Gasteiger partial charge on any atom is -0.388 e. The predicted molar refractivity (Wildman–Crippen MR) is 119 cm³/mol. The Bertz CT molecular complexity index is 1070. The number of aliphatic hydroxyl groups is 1. The number of piperidine rings is 1. The first-order valence-corrected chi connectivity index (χ1v) is 11.3. The molecule has 1 aliphatic heterocycles. The molecular weight excluding hydrogens is 398 g/mol. The quantitative estimate of drug-likeness (QED) is 0.657. The number of nitrogens with zero attached hydrogens (tertiary/aromatic N) is 3. The van der Waals surface area contributed by atoms with Gasteiger partial charge in [0, 0.05) is 19.5 Å². The molecule has 1 aromatic carbocycles. The Morgan fingerprint density at radius 1 is 1.23 bits per heavy atom. The van der Waals surface area contributed by atoms with Gasteiger partial charge in [0.15, 0.2) is 0 Å². The van der Waals surface area contributed by atoms with E-state index < -0.39 is 5.60 Å². The number of fused-ring (bicyclic) bond motifs is 1. The summed E-state index contributed by atoms with van der Waals surface area (Å²) in [5.41, 5.74) is 0.0645. The number of benzene rings is 1. The van der Waals surface area contributed by atoms with Crippen LogP contribution in [0.15, 0.2) is 52.9 Å². The normalized spacial score (nSPS) is 17.2. The van der Waals surface area contributed by atoms with Crippen LogP contribution in [0.4, 0.5) is 0 Å². The van der Waals surface area contributed by atoms with Crippen LogP contribution in [-0.2, 0) is 11.3 Å². The third kappa shape index (κ3) is 4.32. The van der Waals surface area contributed by atoms with Crippen molar-refractivity contribution in [2.45, 2.75) is 50.7 Å². The molecule has 6 nitrogen and oxygen atoms in total. The van der Waals surface area contributed by atoms with E-state index >= 15 is 0 Å². The summed E-state index contributed by atoms with van der Waals surface area (Å²) < 4.78 is 1.50. The van der Waals surface area contributed by atoms with Crippen LogP contribution in [0.5, 0.6) is 0 Å². The fourth-order valence-corrected chi connectivity index (χ4v) is 4.94. The second kappa shape index (κ2) is 8.70. The van der Waals surface area contributed by atoms with E-state index in [1.54, 1.807) is 6.07 Å². The number of amides is 1. The van der Waals surface area contributed by atoms with Crippen molar-refractivity contribution < 1.29 is 9.90 Å². The Labute approximate surface area is 179 Å². The maximum Gasteiger partial charge on any atom is 0.262 e. The van der Waals surface area contributed by atoms with Crippen molar-refractivity contribution in [1.29, 1.82) is 0 Å². The van der Waals surface area contributed by atoms with Gasteiger partial charge in [0.1, 0.15) is 4.83 Å². The van der Waals surface area contributed by atoms with Gasteiger partial charge >= 0.3 is 0 Å². The van der Waals surface area contributed by atoms with E-state index in [0.29, 0.717) is 42.6 Å². The van der Waals surface area contributed by atoms with E-state index in [2.05, 4.69) is 24.0 Å². The Balaban J connectivity index is 1.38. The molecule has 1 N–H and O–H groups in total. The molecule has 1 amide bonds. The molecule has 1 unspecified atom stereocenters. The third-order valence-electron chi connectivity index (χ3n) is 6.15. The summed E-state index contributed by atoms with van der Waals surface area (Å²) in [4.78, 5) is 32.4. The monoisotopic (exact) mass is 425 g/mol. The molecule has 3 heterocycles. The van der Waals surface area contributed by atoms with Crippen LogP contribution in [-0.4, -0.2) is 44.2 Å². The smallest absolute Gasteiger partial charge is 0.262 e. The van der Waals surface area contributed by atoms with Crippen molar-refractivity contribution in [2.24, 2.45) is 0 Å². The number of likely N-dealkylation sites (tertiary alicyclic amines) is 1. The predicted octanol–water partition coefficient (Wildman–Crippen LogP) is 3.40. The summed E-state index contributed by atoms with van der Waals surface area (Å²) in [6.45, 7) is 3.32. The number of thiophene rings is 1. The summed E-state index contributed by atoms with van der Waals surface area (Å²) in [7, 11) is 0. The van der Waals surface area contributed by atoms with Crippen molar-refractivity contribution in [3.8, 4) is 0 Å². The lowest BCUT2D eigenvalue weighted by Crippen LogP contribution is -2.49. The van der Waals surface area contributed by atoms with E-state index in [4.69, 9.17) is 0 Å². The molecule has 158 valence electrons. The highest BCUT2D eigenvalue weighted by atomic mass is 32.1. The maximum absolute atomic E-state index is 12.9. The molecule has 0 saturated carbocycles. The van der Waals surface area contributed by atoms with Gasteiger partial charge in [-0.25, -0.2) is 4.98 Å². The molecule has 0 aliphatic carbocycles. The Hall–Kier alpha value is -2.51. The molecule has 0 radical (unpaired) electrons. The fraction of sp³-hybridized carbons (Fsp3) is 0.435. The highest BCUT2D eigenvalue weighted by molar-refractivity contribution is 7.16. The van der Waals surface area contributed by atoms with Crippen molar-refractivity contribution >= 4 is 27.5 Å². The molecule has 1 fully saturated rings. The maximum atomic E-state index is 12.9. The van der Waals surface area contributed by atoms with E-state index in [1.165, 1.54) is 27.8 Å². The highest BCUT2D eigenvalue weighted by Crippen LogP contribution is 2.28. The van der Waals surface area contributed by atoms with Crippen molar-refractivity contribution in [2.75, 3.05) is 13.1 Å². The summed E-state index contributed by atoms with van der Waals surface area (Å²) in [5.74, 6) is 0.341. The van der Waals surface area contributed by atoms with Crippen molar-refractivity contribution in [3.63, 3.8) is 0 Å². The van der Waals surface area contributed by atoms with Crippen LogP contribution in [0.2, 0.25) is 0 Å². The summed E-state index contributed by atoms with van der Waals surface area (Å²) in [6, 6.07) is 11.9. The molecule has 1 aliphatic rings. The second-order valence-corrected chi connectivity index (χ2v) is 9.04. The first kappa shape index (κ1) is 20.8. The van der Waals surface area contributed by atoms with Gasteiger partial charge in [-0.15, -0.1) is 11.3 Å². The fourth-order valence-electron chi connectivity index (χ4n) is 4.22. The van der Waals surface area contributed by atoms with Gasteiger partial charge in [0.2, 0.25) is 5.91 Å². The van der Waals surface area contributed by atoms with Crippen LogP contribution in [0.25, 0.3) is 10.2 Å². The average Bonchev–Trinajstić information content (AvgIpc) is 3.25. The van der Waals surface area contributed by atoms with Gasteiger partial charge in [-0.1, -0.05) is 37.3 Å². The SMILES string of the molecule is CCC(CC(=O)N1CCC(O)(Cn2cnc3sccc3c2=O)CC1)c1ccccc1. The Morgan fingerprint density at radius 3 is 2.67 bits per heavy atom. The zero-order valence-electron chi connectivity index (χ0n) is 17.2. The van der Waals surface area contributed by atoms with Crippen LogP contribution < -0.4 is 5.56 Å². The molecule has 30 heavy (non-hydrogen) atoms. The van der Waals surface area contributed by atoms with E-state index in [0.717, 1.165) is 6.42 Å². The number of carbonyl (C=O) groups excluding carboxylic acids is 1. The van der Waals surface area contributed by atoms with Gasteiger partial charge < -0.3 is 10.0 Å². The molecular formula is C23H27N3O3S. The highest BCUT2D eigenvalue weighted by Gasteiger charge is 2.35. The Kier molecular flexibility index (Phi) is 6.01. The van der Waals surface area contributed by atoms with Gasteiger partial charge in [0.05, 0.1) is 23.9 Å². The lowest BCUT2D eigenvalue weighted by Gasteiger charge is -2.38. The largest absolute Gasteiger partial charge is 0.388 e. The van der Waals surface area contributed by atoms with Crippen LogP contribution in [0, 0.1) is 0 Å². The van der Waals surface area contributed by atoms with Crippen LogP contribution >= 0.6 is 11.3 Å². The van der Waals surface area contributed by atoms with Gasteiger partial charge in [-0.05, 0) is 42.2 Å². The molecule has 3 aromatic rings. The molecule has 4 rings (SSSR count). The summed E-state index contributed by atoms with van der Waals surface area (Å²) in [5, 5.41) is 13.5. The molecule has 0 spiro atoms. The minimum atomic E-state index is -1.00. The van der Waals surface area contributed by atoms with Crippen molar-refractivity contribution in [1.82, 2.24) is 14.5 Å². The van der Waals surface area contributed by atoms with E-state index in [-0.39, 0.29) is 23.9 Å². The zero-order valence-corrected chi connectivity index (χ0v) is 18.0. The lowest BCUT2D eigenvalue weighted by molar-refractivity contribution is -0.136. The zero-order chi connectivity index (χ0) is 21.1. The lowest BCUT2D eigenvalue weighted by atomic mass is 9.89. The van der Waals surface area contributed by atoms with Crippen LogP contribution in [0.1, 0.15) is 44.1 Å². The average molecular weight is 426 g/mol. The standard InChI is InChI=1S/C23H27N3O3S/c1-2-17(18-6-4-3-5-7-18)14-20(27)25-11-9-23(29,10-12-25)15-26-16-24-21-19(22(26)28)8-13-30-21/h3-8,13,16-17,29H,2,9-12,14-15H2,1H3. The first-order valence-electron chi connectivity index (χ1n) is 10.5. The van der Waals surface area contributed by atoms with Crippen molar-refractivity contribution in [3.05, 3.63) is 64.0 Å². The molecule has 0 bridgehead atoms. The number of rotatable bonds is 6. The number of carbonyl (C=O) groups is 1. The van der Waals surface area contributed by atoms with Gasteiger partial charge in [-0.3, -0.25) is 14.2 Å². The molecule has 1 atom stereocenters. The Morgan fingerprint density at radius 2 is 1.97 bits per heavy atom. The number of aromatic nitrogens is 2. The molecule has 2 aromatic heterocycles. The second-order valence-electron chi connectivity index (χ2n) is 8.14.